The molecule has 1 N–H and O–H groups in total. The Morgan fingerprint density at radius 3 is 2.67 bits per heavy atom. The Bertz CT molecular complexity index is 295. The van der Waals surface area contributed by atoms with Crippen LogP contribution in [0.25, 0.3) is 0 Å². The van der Waals surface area contributed by atoms with Crippen LogP contribution >= 0.6 is 0 Å². The molecule has 3 atom stereocenters. The summed E-state index contributed by atoms with van der Waals surface area (Å²) < 4.78 is 10.7. The molecule has 2 saturated carbocycles. The molecule has 21 heavy (non-hydrogen) atoms. The first-order valence-corrected chi connectivity index (χ1v) is 8.93. The van der Waals surface area contributed by atoms with Crippen molar-refractivity contribution in [2.75, 3.05) is 40.0 Å². The maximum absolute atomic E-state index is 5.66. The lowest BCUT2D eigenvalue weighted by atomic mass is 9.70. The van der Waals surface area contributed by atoms with E-state index in [2.05, 4.69) is 19.2 Å². The second kappa shape index (κ2) is 8.50. The minimum absolute atomic E-state index is 0.572. The van der Waals surface area contributed by atoms with E-state index in [-0.39, 0.29) is 0 Å². The van der Waals surface area contributed by atoms with Crippen molar-refractivity contribution in [3.8, 4) is 0 Å². The smallest absolute Gasteiger partial charge is 0.0700 e. The first-order chi connectivity index (χ1) is 10.2. The van der Waals surface area contributed by atoms with Crippen LogP contribution in [0.3, 0.4) is 0 Å². The minimum atomic E-state index is 0.572. The summed E-state index contributed by atoms with van der Waals surface area (Å²) in [5.74, 6) is 2.74. The quantitative estimate of drug-likeness (QED) is 0.592. The van der Waals surface area contributed by atoms with Crippen molar-refractivity contribution in [3.05, 3.63) is 0 Å². The van der Waals surface area contributed by atoms with Crippen molar-refractivity contribution < 1.29 is 9.47 Å². The minimum Gasteiger partial charge on any atom is -0.382 e. The molecule has 2 aliphatic rings. The molecule has 3 nitrogen and oxygen atoms in total. The van der Waals surface area contributed by atoms with Crippen LogP contribution in [0.15, 0.2) is 0 Å². The fourth-order valence-corrected chi connectivity index (χ4v) is 4.55. The number of fused-ring (bicyclic) bond motifs is 2. The zero-order valence-electron chi connectivity index (χ0n) is 14.3. The molecule has 0 aromatic rings. The van der Waals surface area contributed by atoms with E-state index in [1.54, 1.807) is 7.11 Å². The predicted octanol–water partition coefficient (Wildman–Crippen LogP) is 3.48. The number of rotatable bonds is 11. The first-order valence-electron chi connectivity index (χ1n) is 8.93. The molecule has 0 saturated heterocycles. The molecular formula is C18H35NO2. The lowest BCUT2D eigenvalue weighted by Crippen LogP contribution is -2.40. The number of hydrogen-bond acceptors (Lipinski definition) is 3. The van der Waals surface area contributed by atoms with Gasteiger partial charge in [0, 0.05) is 20.3 Å². The van der Waals surface area contributed by atoms with E-state index in [1.165, 1.54) is 45.1 Å². The molecule has 0 spiro atoms. The van der Waals surface area contributed by atoms with Gasteiger partial charge in [-0.05, 0) is 61.8 Å². The molecule has 124 valence electrons. The fourth-order valence-electron chi connectivity index (χ4n) is 4.55. The van der Waals surface area contributed by atoms with Gasteiger partial charge in [0.1, 0.15) is 0 Å². The zero-order chi connectivity index (χ0) is 15.1. The summed E-state index contributed by atoms with van der Waals surface area (Å²) in [6.07, 6.45) is 8.46. The van der Waals surface area contributed by atoms with Gasteiger partial charge >= 0.3 is 0 Å². The van der Waals surface area contributed by atoms with Crippen molar-refractivity contribution >= 4 is 0 Å². The van der Waals surface area contributed by atoms with Crippen molar-refractivity contribution in [2.24, 2.45) is 23.2 Å². The Labute approximate surface area is 131 Å². The highest BCUT2D eigenvalue weighted by Gasteiger charge is 2.49. The Hall–Kier alpha value is -0.120. The van der Waals surface area contributed by atoms with Crippen LogP contribution in [0.2, 0.25) is 0 Å². The van der Waals surface area contributed by atoms with E-state index in [9.17, 15) is 0 Å². The molecule has 0 radical (unpaired) electrons. The normalized spacial score (nSPS) is 31.4. The Morgan fingerprint density at radius 1 is 1.19 bits per heavy atom. The standard InChI is InChI=1S/C18H35NO2/c1-15(2)13-19-14-18(7-4-8-21-10-9-20-3)12-16-5-6-17(18)11-16/h15-17,19H,4-14H2,1-3H3. The van der Waals surface area contributed by atoms with Gasteiger partial charge < -0.3 is 14.8 Å². The van der Waals surface area contributed by atoms with Gasteiger partial charge in [0.2, 0.25) is 0 Å². The van der Waals surface area contributed by atoms with E-state index in [0.717, 1.165) is 37.5 Å². The summed E-state index contributed by atoms with van der Waals surface area (Å²) in [6, 6.07) is 0. The predicted molar refractivity (Wildman–Crippen MR) is 87.5 cm³/mol. The lowest BCUT2D eigenvalue weighted by molar-refractivity contribution is 0.0565. The Balaban J connectivity index is 1.74. The molecule has 2 rings (SSSR count). The van der Waals surface area contributed by atoms with Crippen molar-refractivity contribution in [2.45, 2.75) is 52.4 Å². The Kier molecular flexibility index (Phi) is 6.97. The second-order valence-corrected chi connectivity index (χ2v) is 7.68. The lowest BCUT2D eigenvalue weighted by Gasteiger charge is -2.38. The highest BCUT2D eigenvalue weighted by molar-refractivity contribution is 5.01. The summed E-state index contributed by atoms with van der Waals surface area (Å²) in [5, 5.41) is 3.75. The molecule has 2 aliphatic carbocycles. The van der Waals surface area contributed by atoms with Crippen LogP contribution in [0.1, 0.15) is 52.4 Å². The van der Waals surface area contributed by atoms with Crippen molar-refractivity contribution in [1.82, 2.24) is 5.32 Å². The fraction of sp³-hybridized carbons (Fsp3) is 1.00. The molecule has 0 aliphatic heterocycles. The highest BCUT2D eigenvalue weighted by Crippen LogP contribution is 2.57. The molecule has 3 unspecified atom stereocenters. The highest BCUT2D eigenvalue weighted by atomic mass is 16.5. The third-order valence-corrected chi connectivity index (χ3v) is 5.53. The number of nitrogens with one attached hydrogen (secondary N) is 1. The van der Waals surface area contributed by atoms with Gasteiger partial charge in [-0.2, -0.15) is 0 Å². The van der Waals surface area contributed by atoms with E-state index < -0.39 is 0 Å². The van der Waals surface area contributed by atoms with Gasteiger partial charge in [-0.1, -0.05) is 20.3 Å². The molecule has 0 aromatic carbocycles. The number of hydrogen-bond donors (Lipinski definition) is 1. The summed E-state index contributed by atoms with van der Waals surface area (Å²) >= 11 is 0. The zero-order valence-corrected chi connectivity index (χ0v) is 14.3. The van der Waals surface area contributed by atoms with E-state index in [4.69, 9.17) is 9.47 Å². The third-order valence-electron chi connectivity index (χ3n) is 5.53. The number of methoxy groups -OCH3 is 1. The maximum atomic E-state index is 5.66. The third kappa shape index (κ3) is 4.94. The Morgan fingerprint density at radius 2 is 2.05 bits per heavy atom. The van der Waals surface area contributed by atoms with Crippen LogP contribution in [0.4, 0.5) is 0 Å². The summed E-state index contributed by atoms with van der Waals surface area (Å²) in [4.78, 5) is 0. The van der Waals surface area contributed by atoms with Crippen LogP contribution in [0, 0.1) is 23.2 Å². The largest absolute Gasteiger partial charge is 0.382 e. The summed E-state index contributed by atoms with van der Waals surface area (Å²) in [5.41, 5.74) is 0.572. The molecule has 2 fully saturated rings. The van der Waals surface area contributed by atoms with Crippen LogP contribution in [0.5, 0.6) is 0 Å². The molecular weight excluding hydrogens is 262 g/mol. The SMILES string of the molecule is COCCOCCCC1(CNCC(C)C)CC2CCC1C2. The van der Waals surface area contributed by atoms with E-state index in [1.807, 2.05) is 0 Å². The molecule has 0 aromatic heterocycles. The molecule has 3 heteroatoms. The monoisotopic (exact) mass is 297 g/mol. The van der Waals surface area contributed by atoms with Crippen LogP contribution < -0.4 is 5.32 Å². The van der Waals surface area contributed by atoms with Gasteiger partial charge in [-0.3, -0.25) is 0 Å². The number of ether oxygens (including phenoxy) is 2. The van der Waals surface area contributed by atoms with Crippen LogP contribution in [-0.2, 0) is 9.47 Å². The molecule has 0 heterocycles. The van der Waals surface area contributed by atoms with Gasteiger partial charge in [-0.15, -0.1) is 0 Å². The van der Waals surface area contributed by atoms with Crippen LogP contribution in [-0.4, -0.2) is 40.0 Å². The van der Waals surface area contributed by atoms with Gasteiger partial charge in [0.25, 0.3) is 0 Å². The average molecular weight is 297 g/mol. The topological polar surface area (TPSA) is 30.5 Å². The van der Waals surface area contributed by atoms with Crippen molar-refractivity contribution in [1.29, 1.82) is 0 Å². The van der Waals surface area contributed by atoms with E-state index >= 15 is 0 Å². The second-order valence-electron chi connectivity index (χ2n) is 7.68. The van der Waals surface area contributed by atoms with Gasteiger partial charge in [0.15, 0.2) is 0 Å². The van der Waals surface area contributed by atoms with Gasteiger partial charge in [0.05, 0.1) is 13.2 Å². The van der Waals surface area contributed by atoms with Gasteiger partial charge in [-0.25, -0.2) is 0 Å². The summed E-state index contributed by atoms with van der Waals surface area (Å²) in [6.45, 7) is 9.32. The first kappa shape index (κ1) is 17.2. The average Bonchev–Trinajstić information content (AvgIpc) is 3.03. The molecule has 0 amide bonds. The molecule has 2 bridgehead atoms. The summed E-state index contributed by atoms with van der Waals surface area (Å²) in [7, 11) is 1.73. The van der Waals surface area contributed by atoms with E-state index in [0.29, 0.717) is 12.0 Å². The maximum Gasteiger partial charge on any atom is 0.0700 e. The van der Waals surface area contributed by atoms with Crippen molar-refractivity contribution in [3.63, 3.8) is 0 Å².